The van der Waals surface area contributed by atoms with Crippen LogP contribution in [0.5, 0.6) is 0 Å². The molecule has 1 fully saturated rings. The number of hydrogen-bond donors (Lipinski definition) is 2. The smallest absolute Gasteiger partial charge is 0.319 e. The largest absolute Gasteiger partial charge is 0.390 e. The molecule has 1 rings (SSSR count). The second kappa shape index (κ2) is 5.32. The molecule has 2 amide bonds. The number of nitrogens with one attached hydrogen (secondary N) is 1. The number of amides is 2. The van der Waals surface area contributed by atoms with Crippen LogP contribution in [0.2, 0.25) is 0 Å². The third-order valence-electron chi connectivity index (χ3n) is 2.50. The molecule has 0 aromatic carbocycles. The highest BCUT2D eigenvalue weighted by molar-refractivity contribution is 5.76. The number of aliphatic hydroxyl groups excluding tert-OH is 1. The third kappa shape index (κ3) is 3.68. The summed E-state index contributed by atoms with van der Waals surface area (Å²) in [5, 5.41) is 12.8. The van der Waals surface area contributed by atoms with Crippen LogP contribution >= 0.6 is 0 Å². The standard InChI is InChI=1S/C10H21N3O2/c1-8(2)11-6-9(14)7-13-5-4-12(3)10(13)15/h8-9,11,14H,4-7H2,1-3H3. The zero-order valence-electron chi connectivity index (χ0n) is 9.73. The third-order valence-corrected chi connectivity index (χ3v) is 2.50. The molecule has 1 aliphatic rings. The van der Waals surface area contributed by atoms with Gasteiger partial charge in [0.15, 0.2) is 0 Å². The normalized spacial score (nSPS) is 19.1. The van der Waals surface area contributed by atoms with Gasteiger partial charge in [-0.25, -0.2) is 4.79 Å². The minimum absolute atomic E-state index is 0.0126. The number of carbonyl (C=O) groups is 1. The van der Waals surface area contributed by atoms with E-state index < -0.39 is 6.10 Å². The molecule has 15 heavy (non-hydrogen) atoms. The van der Waals surface area contributed by atoms with Crippen LogP contribution in [0.25, 0.3) is 0 Å². The maximum Gasteiger partial charge on any atom is 0.319 e. The van der Waals surface area contributed by atoms with E-state index in [1.54, 1.807) is 16.8 Å². The summed E-state index contributed by atoms with van der Waals surface area (Å²) in [6.07, 6.45) is -0.483. The van der Waals surface area contributed by atoms with Gasteiger partial charge in [-0.1, -0.05) is 13.8 Å². The van der Waals surface area contributed by atoms with E-state index in [4.69, 9.17) is 0 Å². The molecule has 0 aromatic heterocycles. The topological polar surface area (TPSA) is 55.8 Å². The molecule has 1 aliphatic heterocycles. The summed E-state index contributed by atoms with van der Waals surface area (Å²) in [7, 11) is 1.78. The first kappa shape index (κ1) is 12.3. The number of nitrogens with zero attached hydrogens (tertiary/aromatic N) is 2. The first-order valence-electron chi connectivity index (χ1n) is 5.42. The monoisotopic (exact) mass is 215 g/mol. The SMILES string of the molecule is CC(C)NCC(O)CN1CCN(C)C1=O. The lowest BCUT2D eigenvalue weighted by molar-refractivity contribution is 0.125. The Morgan fingerprint density at radius 3 is 2.60 bits per heavy atom. The highest BCUT2D eigenvalue weighted by Crippen LogP contribution is 2.06. The van der Waals surface area contributed by atoms with Gasteiger partial charge in [0, 0.05) is 39.3 Å². The van der Waals surface area contributed by atoms with E-state index in [0.29, 0.717) is 25.7 Å². The van der Waals surface area contributed by atoms with Crippen molar-refractivity contribution >= 4 is 6.03 Å². The summed E-state index contributed by atoms with van der Waals surface area (Å²) >= 11 is 0. The quantitative estimate of drug-likeness (QED) is 0.663. The van der Waals surface area contributed by atoms with Gasteiger partial charge in [-0.3, -0.25) is 0 Å². The number of carbonyl (C=O) groups excluding carboxylic acids is 1. The molecule has 88 valence electrons. The van der Waals surface area contributed by atoms with Gasteiger partial charge in [0.25, 0.3) is 0 Å². The highest BCUT2D eigenvalue weighted by Gasteiger charge is 2.26. The summed E-state index contributed by atoms with van der Waals surface area (Å²) < 4.78 is 0. The molecular weight excluding hydrogens is 194 g/mol. The Morgan fingerprint density at radius 2 is 2.13 bits per heavy atom. The zero-order valence-corrected chi connectivity index (χ0v) is 9.73. The van der Waals surface area contributed by atoms with Crippen LogP contribution in [0.3, 0.4) is 0 Å². The maximum absolute atomic E-state index is 11.5. The lowest BCUT2D eigenvalue weighted by Gasteiger charge is -2.20. The van der Waals surface area contributed by atoms with Crippen LogP contribution in [-0.2, 0) is 0 Å². The molecule has 0 bridgehead atoms. The molecule has 2 N–H and O–H groups in total. The van der Waals surface area contributed by atoms with Gasteiger partial charge in [-0.15, -0.1) is 0 Å². The van der Waals surface area contributed by atoms with E-state index in [2.05, 4.69) is 5.32 Å². The second-order valence-electron chi connectivity index (χ2n) is 4.37. The molecular formula is C10H21N3O2. The Morgan fingerprint density at radius 1 is 1.47 bits per heavy atom. The number of urea groups is 1. The van der Waals surface area contributed by atoms with Crippen LogP contribution in [0.15, 0.2) is 0 Å². The summed E-state index contributed by atoms with van der Waals surface area (Å²) in [6.45, 7) is 6.48. The Labute approximate surface area is 91.0 Å². The summed E-state index contributed by atoms with van der Waals surface area (Å²) in [4.78, 5) is 14.9. The molecule has 5 heteroatoms. The fraction of sp³-hybridized carbons (Fsp3) is 0.900. The predicted octanol–water partition coefficient (Wildman–Crippen LogP) is -0.287. The molecule has 1 heterocycles. The molecule has 0 aliphatic carbocycles. The van der Waals surface area contributed by atoms with Crippen molar-refractivity contribution in [3.63, 3.8) is 0 Å². The van der Waals surface area contributed by atoms with Gasteiger partial charge in [0.05, 0.1) is 6.10 Å². The van der Waals surface area contributed by atoms with Gasteiger partial charge in [0.1, 0.15) is 0 Å². The highest BCUT2D eigenvalue weighted by atomic mass is 16.3. The van der Waals surface area contributed by atoms with E-state index in [1.165, 1.54) is 0 Å². The van der Waals surface area contributed by atoms with Crippen molar-refractivity contribution < 1.29 is 9.90 Å². The number of aliphatic hydroxyl groups is 1. The summed E-state index contributed by atoms with van der Waals surface area (Å²) in [5.74, 6) is 0. The summed E-state index contributed by atoms with van der Waals surface area (Å²) in [5.41, 5.74) is 0. The maximum atomic E-state index is 11.5. The molecule has 0 saturated carbocycles. The number of likely N-dealkylation sites (N-methyl/N-ethyl adjacent to an activating group) is 1. The van der Waals surface area contributed by atoms with E-state index in [0.717, 1.165) is 6.54 Å². The van der Waals surface area contributed by atoms with E-state index in [-0.39, 0.29) is 6.03 Å². The van der Waals surface area contributed by atoms with Crippen molar-refractivity contribution in [1.82, 2.24) is 15.1 Å². The first-order valence-corrected chi connectivity index (χ1v) is 5.42. The number of rotatable bonds is 5. The molecule has 5 nitrogen and oxygen atoms in total. The molecule has 0 spiro atoms. The molecule has 1 atom stereocenters. The van der Waals surface area contributed by atoms with Crippen LogP contribution in [-0.4, -0.2) is 66.3 Å². The molecule has 0 aromatic rings. The minimum atomic E-state index is -0.483. The van der Waals surface area contributed by atoms with E-state index in [9.17, 15) is 9.90 Å². The van der Waals surface area contributed by atoms with Crippen molar-refractivity contribution in [2.75, 3.05) is 33.2 Å². The number of hydrogen-bond acceptors (Lipinski definition) is 3. The molecule has 1 saturated heterocycles. The zero-order chi connectivity index (χ0) is 11.4. The fourth-order valence-electron chi connectivity index (χ4n) is 1.56. The fourth-order valence-corrected chi connectivity index (χ4v) is 1.56. The van der Waals surface area contributed by atoms with E-state index in [1.807, 2.05) is 13.8 Å². The van der Waals surface area contributed by atoms with E-state index >= 15 is 0 Å². The van der Waals surface area contributed by atoms with Gasteiger partial charge in [-0.2, -0.15) is 0 Å². The first-order chi connectivity index (χ1) is 7.00. The Hall–Kier alpha value is -0.810. The van der Waals surface area contributed by atoms with Crippen molar-refractivity contribution in [3.8, 4) is 0 Å². The van der Waals surface area contributed by atoms with Gasteiger partial charge in [0.2, 0.25) is 0 Å². The van der Waals surface area contributed by atoms with Gasteiger partial charge in [-0.05, 0) is 0 Å². The average Bonchev–Trinajstić information content (AvgIpc) is 2.47. The van der Waals surface area contributed by atoms with Crippen LogP contribution in [0.4, 0.5) is 4.79 Å². The second-order valence-corrected chi connectivity index (χ2v) is 4.37. The minimum Gasteiger partial charge on any atom is -0.390 e. The predicted molar refractivity (Wildman–Crippen MR) is 58.7 cm³/mol. The van der Waals surface area contributed by atoms with Crippen LogP contribution < -0.4 is 5.32 Å². The van der Waals surface area contributed by atoms with Gasteiger partial charge < -0.3 is 20.2 Å². The Kier molecular flexibility index (Phi) is 4.35. The number of β-amino-alcohol motifs (C(OH)–C–C–N with tert-alkyl or cyclic N) is 1. The van der Waals surface area contributed by atoms with Gasteiger partial charge >= 0.3 is 6.03 Å². The van der Waals surface area contributed by atoms with Crippen LogP contribution in [0.1, 0.15) is 13.8 Å². The van der Waals surface area contributed by atoms with Crippen molar-refractivity contribution in [2.24, 2.45) is 0 Å². The Bertz CT molecular complexity index is 221. The Balaban J connectivity index is 2.26. The summed E-state index contributed by atoms with van der Waals surface area (Å²) in [6, 6.07) is 0.371. The molecule has 1 unspecified atom stereocenters. The van der Waals surface area contributed by atoms with Crippen LogP contribution in [0, 0.1) is 0 Å². The van der Waals surface area contributed by atoms with Crippen molar-refractivity contribution in [2.45, 2.75) is 26.0 Å². The van der Waals surface area contributed by atoms with Crippen molar-refractivity contribution in [1.29, 1.82) is 0 Å². The average molecular weight is 215 g/mol. The lowest BCUT2D eigenvalue weighted by atomic mass is 10.3. The lowest BCUT2D eigenvalue weighted by Crippen LogP contribution is -2.41. The van der Waals surface area contributed by atoms with Crippen molar-refractivity contribution in [3.05, 3.63) is 0 Å². The molecule has 0 radical (unpaired) electrons.